The molecule has 1 nitrogen and oxygen atoms in total. The summed E-state index contributed by atoms with van der Waals surface area (Å²) in [5.74, 6) is 1.99. The van der Waals surface area contributed by atoms with Gasteiger partial charge in [-0.2, -0.15) is 0 Å². The number of rotatable bonds is 3. The van der Waals surface area contributed by atoms with Gasteiger partial charge >= 0.3 is 0 Å². The van der Waals surface area contributed by atoms with E-state index in [0.29, 0.717) is 12.2 Å². The molecule has 0 bridgehead atoms. The molecule has 1 saturated carbocycles. The second-order valence-electron chi connectivity index (χ2n) is 5.08. The van der Waals surface area contributed by atoms with E-state index in [4.69, 9.17) is 0 Å². The molecule has 0 heterocycles. The molecule has 1 fully saturated rings. The van der Waals surface area contributed by atoms with E-state index < -0.39 is 0 Å². The number of Topliss-reactive ketones (excluding diaryl/α,β-unsaturated/α-hetero) is 1. The maximum absolute atomic E-state index is 11.7. The molecule has 1 unspecified atom stereocenters. The summed E-state index contributed by atoms with van der Waals surface area (Å²) in [4.78, 5) is 11.7. The molecule has 76 valence electrons. The van der Waals surface area contributed by atoms with Crippen molar-refractivity contribution in [1.82, 2.24) is 0 Å². The fraction of sp³-hybridized carbons (Fsp3) is 0.917. The number of hydrogen-bond donors (Lipinski definition) is 0. The number of carbonyl (C=O) groups is 1. The minimum atomic E-state index is 0.0175. The van der Waals surface area contributed by atoms with E-state index in [1.54, 1.807) is 0 Å². The third-order valence-corrected chi connectivity index (χ3v) is 3.72. The van der Waals surface area contributed by atoms with Gasteiger partial charge < -0.3 is 0 Å². The van der Waals surface area contributed by atoms with Crippen molar-refractivity contribution in [3.05, 3.63) is 0 Å². The molecule has 2 atom stereocenters. The lowest BCUT2D eigenvalue weighted by atomic mass is 9.80. The lowest BCUT2D eigenvalue weighted by molar-refractivity contribution is -0.127. The third-order valence-electron chi connectivity index (χ3n) is 3.72. The van der Waals surface area contributed by atoms with Gasteiger partial charge in [-0.3, -0.25) is 4.79 Å². The van der Waals surface area contributed by atoms with Crippen LogP contribution in [-0.2, 0) is 4.79 Å². The molecule has 0 N–H and O–H groups in total. The van der Waals surface area contributed by atoms with Gasteiger partial charge in [-0.1, -0.05) is 27.7 Å². The smallest absolute Gasteiger partial charge is 0.138 e. The fourth-order valence-corrected chi connectivity index (χ4v) is 2.54. The predicted molar refractivity (Wildman–Crippen MR) is 55.6 cm³/mol. The first-order valence-electron chi connectivity index (χ1n) is 5.53. The van der Waals surface area contributed by atoms with Crippen molar-refractivity contribution in [3.63, 3.8) is 0 Å². The number of ketones is 1. The van der Waals surface area contributed by atoms with Crippen LogP contribution in [0.2, 0.25) is 0 Å². The Bertz CT molecular complexity index is 195. The van der Waals surface area contributed by atoms with Crippen LogP contribution in [0, 0.1) is 17.3 Å². The van der Waals surface area contributed by atoms with Gasteiger partial charge in [0.25, 0.3) is 0 Å². The molecule has 1 aliphatic carbocycles. The molecule has 0 aromatic carbocycles. The molecule has 1 aliphatic rings. The maximum atomic E-state index is 11.7. The van der Waals surface area contributed by atoms with Crippen molar-refractivity contribution in [2.75, 3.05) is 0 Å². The molecular formula is C12H22O. The van der Waals surface area contributed by atoms with Crippen LogP contribution in [0.25, 0.3) is 0 Å². The van der Waals surface area contributed by atoms with E-state index in [9.17, 15) is 4.79 Å². The molecular weight excluding hydrogens is 160 g/mol. The van der Waals surface area contributed by atoms with Crippen molar-refractivity contribution >= 4 is 5.78 Å². The Morgan fingerprint density at radius 3 is 2.54 bits per heavy atom. The Labute approximate surface area is 81.9 Å². The summed E-state index contributed by atoms with van der Waals surface area (Å²) in [6.07, 6.45) is 4.20. The minimum Gasteiger partial charge on any atom is -0.299 e. The highest BCUT2D eigenvalue weighted by Crippen LogP contribution is 2.45. The van der Waals surface area contributed by atoms with E-state index in [1.807, 2.05) is 6.92 Å². The summed E-state index contributed by atoms with van der Waals surface area (Å²) in [7, 11) is 0. The molecule has 0 amide bonds. The monoisotopic (exact) mass is 182 g/mol. The summed E-state index contributed by atoms with van der Waals surface area (Å²) >= 11 is 0. The van der Waals surface area contributed by atoms with Gasteiger partial charge in [0.2, 0.25) is 0 Å². The van der Waals surface area contributed by atoms with Crippen LogP contribution >= 0.6 is 0 Å². The SMILES string of the molecule is CCC(=O)[C@@]1(C)CCC(C(C)C)C1. The zero-order valence-electron chi connectivity index (χ0n) is 9.39. The lowest BCUT2D eigenvalue weighted by Crippen LogP contribution is -2.24. The van der Waals surface area contributed by atoms with Gasteiger partial charge in [0, 0.05) is 11.8 Å². The highest BCUT2D eigenvalue weighted by Gasteiger charge is 2.40. The van der Waals surface area contributed by atoms with Crippen LogP contribution in [0.1, 0.15) is 53.4 Å². The molecule has 1 rings (SSSR count). The second-order valence-corrected chi connectivity index (χ2v) is 5.08. The molecule has 1 heteroatoms. The van der Waals surface area contributed by atoms with Crippen LogP contribution in [0.3, 0.4) is 0 Å². The standard InChI is InChI=1S/C12H22O/c1-5-11(13)12(4)7-6-10(8-12)9(2)3/h9-10H,5-8H2,1-4H3/t10?,12-/m0/s1. The Kier molecular flexibility index (Phi) is 3.15. The second kappa shape index (κ2) is 3.81. The van der Waals surface area contributed by atoms with Gasteiger partial charge in [-0.25, -0.2) is 0 Å². The zero-order valence-corrected chi connectivity index (χ0v) is 9.39. The van der Waals surface area contributed by atoms with E-state index in [2.05, 4.69) is 20.8 Å². The zero-order chi connectivity index (χ0) is 10.1. The van der Waals surface area contributed by atoms with E-state index in [-0.39, 0.29) is 5.41 Å². The molecule has 13 heavy (non-hydrogen) atoms. The lowest BCUT2D eigenvalue weighted by Gasteiger charge is -2.22. The molecule has 0 radical (unpaired) electrons. The summed E-state index contributed by atoms with van der Waals surface area (Å²) in [5, 5.41) is 0. The highest BCUT2D eigenvalue weighted by molar-refractivity contribution is 5.84. The average molecular weight is 182 g/mol. The largest absolute Gasteiger partial charge is 0.299 e. The molecule has 0 aromatic rings. The normalized spacial score (nSPS) is 34.1. The first kappa shape index (κ1) is 10.7. The summed E-state index contributed by atoms with van der Waals surface area (Å²) in [6.45, 7) is 8.68. The van der Waals surface area contributed by atoms with Gasteiger partial charge in [-0.05, 0) is 31.1 Å². The molecule has 0 saturated heterocycles. The third kappa shape index (κ3) is 2.12. The first-order valence-corrected chi connectivity index (χ1v) is 5.53. The van der Waals surface area contributed by atoms with Crippen molar-refractivity contribution in [1.29, 1.82) is 0 Å². The maximum Gasteiger partial charge on any atom is 0.138 e. The summed E-state index contributed by atoms with van der Waals surface area (Å²) < 4.78 is 0. The fourth-order valence-electron chi connectivity index (χ4n) is 2.54. The predicted octanol–water partition coefficient (Wildman–Crippen LogP) is 3.43. The molecule has 0 aromatic heterocycles. The van der Waals surface area contributed by atoms with Crippen molar-refractivity contribution < 1.29 is 4.79 Å². The number of hydrogen-bond acceptors (Lipinski definition) is 1. The van der Waals surface area contributed by atoms with Crippen LogP contribution in [0.5, 0.6) is 0 Å². The van der Waals surface area contributed by atoms with Crippen molar-refractivity contribution in [3.8, 4) is 0 Å². The topological polar surface area (TPSA) is 17.1 Å². The number of carbonyl (C=O) groups excluding carboxylic acids is 1. The van der Waals surface area contributed by atoms with Crippen LogP contribution in [0.15, 0.2) is 0 Å². The first-order chi connectivity index (χ1) is 5.99. The summed E-state index contributed by atoms with van der Waals surface area (Å²) in [5.41, 5.74) is 0.0175. The Balaban J connectivity index is 2.61. The minimum absolute atomic E-state index is 0.0175. The van der Waals surface area contributed by atoms with Gasteiger partial charge in [0.05, 0.1) is 0 Å². The van der Waals surface area contributed by atoms with E-state index in [1.165, 1.54) is 6.42 Å². The highest BCUT2D eigenvalue weighted by atomic mass is 16.1. The van der Waals surface area contributed by atoms with Crippen LogP contribution in [-0.4, -0.2) is 5.78 Å². The Morgan fingerprint density at radius 1 is 1.54 bits per heavy atom. The quantitative estimate of drug-likeness (QED) is 0.653. The van der Waals surface area contributed by atoms with Gasteiger partial charge in [-0.15, -0.1) is 0 Å². The van der Waals surface area contributed by atoms with Gasteiger partial charge in [0.15, 0.2) is 0 Å². The van der Waals surface area contributed by atoms with Gasteiger partial charge in [0.1, 0.15) is 5.78 Å². The average Bonchev–Trinajstić information content (AvgIpc) is 2.48. The van der Waals surface area contributed by atoms with Crippen LogP contribution in [0.4, 0.5) is 0 Å². The summed E-state index contributed by atoms with van der Waals surface area (Å²) in [6, 6.07) is 0. The van der Waals surface area contributed by atoms with E-state index >= 15 is 0 Å². The Morgan fingerprint density at radius 2 is 2.15 bits per heavy atom. The molecule has 0 aliphatic heterocycles. The van der Waals surface area contributed by atoms with Crippen molar-refractivity contribution in [2.24, 2.45) is 17.3 Å². The van der Waals surface area contributed by atoms with E-state index in [0.717, 1.165) is 24.7 Å². The Hall–Kier alpha value is -0.330. The van der Waals surface area contributed by atoms with Crippen molar-refractivity contribution in [2.45, 2.75) is 53.4 Å². The molecule has 0 spiro atoms. The van der Waals surface area contributed by atoms with Crippen LogP contribution < -0.4 is 0 Å².